The van der Waals surface area contributed by atoms with Crippen LogP contribution in [0.2, 0.25) is 0 Å². The molecule has 0 aromatic heterocycles. The normalized spacial score (nSPS) is 8.38. The Hall–Kier alpha value is 1.00. The third kappa shape index (κ3) is 10.1. The Morgan fingerprint density at radius 1 is 1.75 bits per heavy atom. The van der Waals surface area contributed by atoms with Gasteiger partial charge in [-0.2, -0.15) is 0 Å². The number of carbonyl (C=O) groups is 1. The summed E-state index contributed by atoms with van der Waals surface area (Å²) in [6.45, 7) is 0.111. The van der Waals surface area contributed by atoms with Crippen molar-refractivity contribution < 1.29 is 12.8 Å². The van der Waals surface area contributed by atoms with Gasteiger partial charge in [-0.05, 0) is 14.1 Å². The summed E-state index contributed by atoms with van der Waals surface area (Å²) in [5.41, 5.74) is 0. The number of aliphatic carboxylic acids is 1. The van der Waals surface area contributed by atoms with Gasteiger partial charge in [-0.1, -0.05) is 0 Å². The molecule has 0 radical (unpaired) electrons. The van der Waals surface area contributed by atoms with Crippen LogP contribution in [-0.4, -0.2) is 85.5 Å². The molecule has 0 saturated carbocycles. The fourth-order valence-electron chi connectivity index (χ4n) is 0.271. The molecule has 3 nitrogen and oxygen atoms in total. The molecule has 8 heavy (non-hydrogen) atoms. The number of hydrogen-bond donors (Lipinski definition) is 1. The molecular formula is C4H11BaNO2. The van der Waals surface area contributed by atoms with E-state index >= 15 is 0 Å². The molecule has 0 atom stereocenters. The van der Waals surface area contributed by atoms with Crippen LogP contribution in [0.25, 0.3) is 0 Å². The standard InChI is InChI=1S/C4H9NO2.Ba.2H/c1-5(2)3-4(6)7;;;/h3H2,1-2H3,(H,6,7);;;/q;+2;2*-1. The largest absolute Gasteiger partial charge is 2.00 e. The maximum absolute atomic E-state index is 9.77. The smallest absolute Gasteiger partial charge is 1.00 e. The Morgan fingerprint density at radius 3 is 2.12 bits per heavy atom. The first-order valence-corrected chi connectivity index (χ1v) is 1.99. The first-order valence-electron chi connectivity index (χ1n) is 1.99. The SMILES string of the molecule is CN(C)CC(=O)O.[Ba+2].[H-].[H-]. The molecule has 0 fully saturated rings. The molecule has 0 rings (SSSR count). The molecule has 0 spiro atoms. The number of hydrogen-bond acceptors (Lipinski definition) is 2. The van der Waals surface area contributed by atoms with E-state index in [1.54, 1.807) is 19.0 Å². The number of carboxylic acid groups (broad SMARTS) is 1. The van der Waals surface area contributed by atoms with Gasteiger partial charge < -0.3 is 7.96 Å². The quantitative estimate of drug-likeness (QED) is 0.662. The van der Waals surface area contributed by atoms with E-state index in [0.717, 1.165) is 0 Å². The molecule has 4 heteroatoms. The van der Waals surface area contributed by atoms with Crippen LogP contribution in [0.4, 0.5) is 0 Å². The molecule has 0 aliphatic heterocycles. The van der Waals surface area contributed by atoms with Gasteiger partial charge in [-0.15, -0.1) is 0 Å². The first-order chi connectivity index (χ1) is 3.13. The zero-order valence-corrected chi connectivity index (χ0v) is 9.66. The van der Waals surface area contributed by atoms with Gasteiger partial charge in [0.2, 0.25) is 0 Å². The predicted molar refractivity (Wildman–Crippen MR) is 34.2 cm³/mol. The van der Waals surface area contributed by atoms with Crippen molar-refractivity contribution in [1.82, 2.24) is 4.90 Å². The van der Waals surface area contributed by atoms with Crippen molar-refractivity contribution in [2.24, 2.45) is 0 Å². The van der Waals surface area contributed by atoms with E-state index in [9.17, 15) is 4.79 Å². The Kier molecular flexibility index (Phi) is 9.00. The summed E-state index contributed by atoms with van der Waals surface area (Å²) in [5.74, 6) is -0.787. The topological polar surface area (TPSA) is 40.5 Å². The average Bonchev–Trinajstić information content (AvgIpc) is 1.27. The Morgan fingerprint density at radius 2 is 2.12 bits per heavy atom. The van der Waals surface area contributed by atoms with E-state index in [2.05, 4.69) is 0 Å². The third-order valence-corrected chi connectivity index (χ3v) is 0.451. The van der Waals surface area contributed by atoms with Gasteiger partial charge in [0.25, 0.3) is 0 Å². The van der Waals surface area contributed by atoms with Gasteiger partial charge in [0.15, 0.2) is 0 Å². The maximum Gasteiger partial charge on any atom is 2.00 e. The van der Waals surface area contributed by atoms with Crippen LogP contribution in [0.15, 0.2) is 0 Å². The molecule has 0 aliphatic carbocycles. The second kappa shape index (κ2) is 6.13. The number of likely N-dealkylation sites (N-methyl/N-ethyl adjacent to an activating group) is 1. The van der Waals surface area contributed by atoms with Crippen molar-refractivity contribution in [3.63, 3.8) is 0 Å². The van der Waals surface area contributed by atoms with E-state index in [1.807, 2.05) is 0 Å². The van der Waals surface area contributed by atoms with Crippen LogP contribution >= 0.6 is 0 Å². The van der Waals surface area contributed by atoms with E-state index < -0.39 is 5.97 Å². The zero-order valence-electron chi connectivity index (χ0n) is 7.22. The van der Waals surface area contributed by atoms with Gasteiger partial charge >= 0.3 is 54.9 Å². The summed E-state index contributed by atoms with van der Waals surface area (Å²) in [6, 6.07) is 0. The zero-order chi connectivity index (χ0) is 5.86. The van der Waals surface area contributed by atoms with Crippen molar-refractivity contribution in [2.45, 2.75) is 0 Å². The van der Waals surface area contributed by atoms with Crippen LogP contribution in [0.1, 0.15) is 2.85 Å². The summed E-state index contributed by atoms with van der Waals surface area (Å²) < 4.78 is 0. The number of carboxylic acids is 1. The molecular weight excluding hydrogens is 231 g/mol. The number of nitrogens with zero attached hydrogens (tertiary/aromatic N) is 1. The second-order valence-corrected chi connectivity index (χ2v) is 1.63. The Balaban J connectivity index is -0.0000000600. The molecule has 0 aliphatic rings. The molecule has 1 N–H and O–H groups in total. The fourth-order valence-corrected chi connectivity index (χ4v) is 0.271. The molecule has 0 aromatic rings. The molecule has 0 saturated heterocycles. The molecule has 0 bridgehead atoms. The second-order valence-electron chi connectivity index (χ2n) is 1.63. The fraction of sp³-hybridized carbons (Fsp3) is 0.750. The van der Waals surface area contributed by atoms with E-state index in [1.165, 1.54) is 0 Å². The van der Waals surface area contributed by atoms with Crippen molar-refractivity contribution in [3.8, 4) is 0 Å². The van der Waals surface area contributed by atoms with Gasteiger partial charge in [0.1, 0.15) is 0 Å². The van der Waals surface area contributed by atoms with E-state index in [4.69, 9.17) is 5.11 Å². The molecule has 0 heterocycles. The molecule has 46 valence electrons. The minimum atomic E-state index is -0.787. The molecule has 0 unspecified atom stereocenters. The third-order valence-electron chi connectivity index (χ3n) is 0.451. The van der Waals surface area contributed by atoms with Crippen LogP contribution in [0.3, 0.4) is 0 Å². The average molecular weight is 242 g/mol. The van der Waals surface area contributed by atoms with Crippen molar-refractivity contribution in [3.05, 3.63) is 0 Å². The summed E-state index contributed by atoms with van der Waals surface area (Å²) in [4.78, 5) is 11.4. The number of rotatable bonds is 2. The molecule has 0 aromatic carbocycles. The van der Waals surface area contributed by atoms with E-state index in [-0.39, 0.29) is 58.3 Å². The van der Waals surface area contributed by atoms with Gasteiger partial charge in [-0.3, -0.25) is 9.69 Å². The predicted octanol–water partition coefficient (Wildman–Crippen LogP) is -0.523. The van der Waals surface area contributed by atoms with Gasteiger partial charge in [0, 0.05) is 0 Å². The van der Waals surface area contributed by atoms with Crippen LogP contribution in [0.5, 0.6) is 0 Å². The van der Waals surface area contributed by atoms with Crippen molar-refractivity contribution in [2.75, 3.05) is 20.6 Å². The van der Waals surface area contributed by atoms with Gasteiger partial charge in [-0.25, -0.2) is 0 Å². The van der Waals surface area contributed by atoms with E-state index in [0.29, 0.717) is 0 Å². The van der Waals surface area contributed by atoms with Crippen LogP contribution in [-0.2, 0) is 4.79 Å². The van der Waals surface area contributed by atoms with Crippen LogP contribution < -0.4 is 0 Å². The minimum Gasteiger partial charge on any atom is -1.00 e. The first kappa shape index (κ1) is 11.8. The Bertz CT molecular complexity index is 81.7. The summed E-state index contributed by atoms with van der Waals surface area (Å²) in [5, 5.41) is 8.04. The van der Waals surface area contributed by atoms with Crippen LogP contribution in [0, 0.1) is 0 Å². The molecule has 0 amide bonds. The monoisotopic (exact) mass is 243 g/mol. The minimum absolute atomic E-state index is 0. The summed E-state index contributed by atoms with van der Waals surface area (Å²) in [6.07, 6.45) is 0. The van der Waals surface area contributed by atoms with Crippen molar-refractivity contribution in [1.29, 1.82) is 0 Å². The van der Waals surface area contributed by atoms with Gasteiger partial charge in [0.05, 0.1) is 6.54 Å². The Labute approximate surface area is 92.1 Å². The summed E-state index contributed by atoms with van der Waals surface area (Å²) in [7, 11) is 3.43. The van der Waals surface area contributed by atoms with Crippen molar-refractivity contribution >= 4 is 54.9 Å². The maximum atomic E-state index is 9.77. The summed E-state index contributed by atoms with van der Waals surface area (Å²) >= 11 is 0.